The number of amides is 5. The molecule has 3 aromatic carbocycles. The van der Waals surface area contributed by atoms with Crippen molar-refractivity contribution in [2.45, 2.75) is 56.8 Å². The molecular formula is C33H35N7O3. The van der Waals surface area contributed by atoms with E-state index in [4.69, 9.17) is 0 Å². The number of anilines is 1. The van der Waals surface area contributed by atoms with Crippen molar-refractivity contribution in [2.24, 2.45) is 0 Å². The molecule has 5 amide bonds. The number of hydrogen-bond donors (Lipinski definition) is 4. The van der Waals surface area contributed by atoms with Gasteiger partial charge >= 0.3 is 12.1 Å². The Morgan fingerprint density at radius 3 is 2.60 bits per heavy atom. The Morgan fingerprint density at radius 2 is 1.79 bits per heavy atom. The Morgan fingerprint density at radius 1 is 1.02 bits per heavy atom. The number of nitrogens with zero attached hydrogens (tertiary/aromatic N) is 3. The summed E-state index contributed by atoms with van der Waals surface area (Å²) in [5.74, 6) is -0.0936. The second-order valence-corrected chi connectivity index (χ2v) is 11.8. The fourth-order valence-corrected chi connectivity index (χ4v) is 6.96. The summed E-state index contributed by atoms with van der Waals surface area (Å²) in [6.07, 6.45) is 4.17. The minimum Gasteiger partial charge on any atom is -0.330 e. The number of hydrogen-bond acceptors (Lipinski definition) is 4. The Hall–Kier alpha value is -4.86. The molecule has 1 aromatic heterocycles. The molecule has 4 aromatic rings. The highest BCUT2D eigenvalue weighted by Gasteiger charge is 2.43. The third kappa shape index (κ3) is 4.86. The van der Waals surface area contributed by atoms with Crippen LogP contribution in [0.1, 0.15) is 54.5 Å². The minimum atomic E-state index is -0.665. The van der Waals surface area contributed by atoms with Gasteiger partial charge in [0.25, 0.3) is 0 Å². The number of para-hydroxylation sites is 1. The van der Waals surface area contributed by atoms with Gasteiger partial charge in [-0.15, -0.1) is 0 Å². The third-order valence-electron chi connectivity index (χ3n) is 9.44. The predicted molar refractivity (Wildman–Crippen MR) is 163 cm³/mol. The van der Waals surface area contributed by atoms with Crippen molar-refractivity contribution in [3.05, 3.63) is 95.2 Å². The molecule has 0 radical (unpaired) electrons. The average Bonchev–Trinajstić information content (AvgIpc) is 3.51. The average molecular weight is 578 g/mol. The van der Waals surface area contributed by atoms with Crippen LogP contribution in [0.4, 0.5) is 15.3 Å². The molecule has 0 aliphatic carbocycles. The van der Waals surface area contributed by atoms with E-state index in [-0.39, 0.29) is 24.0 Å². The van der Waals surface area contributed by atoms with Crippen LogP contribution >= 0.6 is 0 Å². The molecule has 3 aliphatic rings. The smallest absolute Gasteiger partial charge is 0.319 e. The number of rotatable bonds is 3. The first-order chi connectivity index (χ1) is 20.9. The van der Waals surface area contributed by atoms with Crippen molar-refractivity contribution in [2.75, 3.05) is 18.4 Å². The molecule has 1 fully saturated rings. The van der Waals surface area contributed by atoms with Crippen molar-refractivity contribution in [3.8, 4) is 0 Å². The molecule has 43 heavy (non-hydrogen) atoms. The van der Waals surface area contributed by atoms with E-state index >= 15 is 0 Å². The zero-order valence-electron chi connectivity index (χ0n) is 24.1. The molecule has 0 saturated carbocycles. The molecular weight excluding hydrogens is 542 g/mol. The van der Waals surface area contributed by atoms with Crippen LogP contribution in [0.15, 0.2) is 72.9 Å². The topological polar surface area (TPSA) is 122 Å². The number of nitrogens with one attached hydrogen (secondary N) is 4. The summed E-state index contributed by atoms with van der Waals surface area (Å²) in [6.45, 7) is 3.39. The van der Waals surface area contributed by atoms with Crippen molar-refractivity contribution in [1.82, 2.24) is 30.6 Å². The second-order valence-electron chi connectivity index (χ2n) is 11.8. The van der Waals surface area contributed by atoms with Gasteiger partial charge < -0.3 is 25.8 Å². The van der Waals surface area contributed by atoms with Gasteiger partial charge in [0.15, 0.2) is 0 Å². The number of H-pyrrole nitrogens is 1. The second kappa shape index (κ2) is 10.8. The number of fused-ring (bicyclic) bond motifs is 5. The maximum absolute atomic E-state index is 14.2. The quantitative estimate of drug-likeness (QED) is 0.279. The van der Waals surface area contributed by atoms with Crippen LogP contribution in [0, 0.1) is 0 Å². The van der Waals surface area contributed by atoms with E-state index in [1.807, 2.05) is 78.7 Å². The van der Waals surface area contributed by atoms with Crippen LogP contribution in [-0.4, -0.2) is 57.1 Å². The minimum absolute atomic E-state index is 0.0936. The van der Waals surface area contributed by atoms with Gasteiger partial charge in [-0.25, -0.2) is 9.59 Å². The van der Waals surface area contributed by atoms with Crippen LogP contribution in [0.3, 0.4) is 0 Å². The molecule has 4 heterocycles. The number of carbonyl (C=O) groups excluding carboxylic acids is 3. The molecule has 0 bridgehead atoms. The summed E-state index contributed by atoms with van der Waals surface area (Å²) >= 11 is 0. The number of likely N-dealkylation sites (tertiary alicyclic amines) is 1. The lowest BCUT2D eigenvalue weighted by Gasteiger charge is -2.45. The van der Waals surface area contributed by atoms with Gasteiger partial charge in [-0.2, -0.15) is 5.10 Å². The van der Waals surface area contributed by atoms with E-state index in [0.29, 0.717) is 45.3 Å². The normalized spacial score (nSPS) is 20.3. The Balaban J connectivity index is 1.12. The molecule has 220 valence electrons. The SMILES string of the molecule is C[C@@H](c1ccccc1)N1Cc2c(ccc3[nH]ncc23)CC[C@@H](NC(=O)N2CCC3(CC2)NC(=O)Nc2ccccc23)C1=O. The molecule has 0 unspecified atom stereocenters. The Bertz CT molecular complexity index is 1690. The number of aromatic amines is 1. The summed E-state index contributed by atoms with van der Waals surface area (Å²) in [5.41, 5.74) is 5.57. The van der Waals surface area contributed by atoms with Crippen LogP contribution in [-0.2, 0) is 23.3 Å². The van der Waals surface area contributed by atoms with Gasteiger partial charge in [0.05, 0.1) is 23.3 Å². The summed E-state index contributed by atoms with van der Waals surface area (Å²) in [7, 11) is 0. The first-order valence-electron chi connectivity index (χ1n) is 15.0. The number of carbonyl (C=O) groups is 3. The zero-order valence-corrected chi connectivity index (χ0v) is 24.1. The van der Waals surface area contributed by atoms with Gasteiger partial charge in [0.1, 0.15) is 6.04 Å². The number of aryl methyl sites for hydroxylation is 1. The number of piperidine rings is 1. The van der Waals surface area contributed by atoms with Crippen LogP contribution in [0.5, 0.6) is 0 Å². The summed E-state index contributed by atoms with van der Waals surface area (Å²) < 4.78 is 0. The number of aromatic nitrogens is 2. The number of benzene rings is 3. The van der Waals surface area contributed by atoms with Crippen LogP contribution in [0.2, 0.25) is 0 Å². The van der Waals surface area contributed by atoms with Gasteiger partial charge in [0, 0.05) is 36.3 Å². The van der Waals surface area contributed by atoms with Crippen molar-refractivity contribution < 1.29 is 14.4 Å². The molecule has 10 heteroatoms. The summed E-state index contributed by atoms with van der Waals surface area (Å²) in [4.78, 5) is 44.0. The fraction of sp³-hybridized carbons (Fsp3) is 0.333. The molecule has 4 N–H and O–H groups in total. The molecule has 3 aliphatic heterocycles. The van der Waals surface area contributed by atoms with E-state index in [2.05, 4.69) is 32.2 Å². The third-order valence-corrected chi connectivity index (χ3v) is 9.44. The standard InChI is InChI=1S/C33H35N7O3/c1-21(22-7-3-2-4-8-22)40-20-25-23(11-13-27-24(25)19-34-38-27)12-14-29(30(40)41)36-32(43)39-17-15-33(16-18-39)26-9-5-6-10-28(26)35-31(42)37-33/h2-11,13,19,21,29H,12,14-18,20H2,1H3,(H,34,38)(H,36,43)(H2,35,37,42)/t21-,29+/m0/s1. The lowest BCUT2D eigenvalue weighted by atomic mass is 9.79. The van der Waals surface area contributed by atoms with Crippen molar-refractivity contribution in [3.63, 3.8) is 0 Å². The zero-order chi connectivity index (χ0) is 29.6. The fourth-order valence-electron chi connectivity index (χ4n) is 6.96. The summed E-state index contributed by atoms with van der Waals surface area (Å²) in [5, 5.41) is 17.4. The molecule has 2 atom stereocenters. The van der Waals surface area contributed by atoms with Gasteiger partial charge in [-0.05, 0) is 61.4 Å². The largest absolute Gasteiger partial charge is 0.330 e. The van der Waals surface area contributed by atoms with Gasteiger partial charge in [-0.3, -0.25) is 9.89 Å². The molecule has 1 saturated heterocycles. The van der Waals surface area contributed by atoms with E-state index < -0.39 is 11.6 Å². The molecule has 10 nitrogen and oxygen atoms in total. The van der Waals surface area contributed by atoms with E-state index in [0.717, 1.165) is 38.8 Å². The maximum atomic E-state index is 14.2. The molecule has 7 rings (SSSR count). The predicted octanol–water partition coefficient (Wildman–Crippen LogP) is 4.80. The molecule has 1 spiro atoms. The highest BCUT2D eigenvalue weighted by molar-refractivity contribution is 5.94. The lowest BCUT2D eigenvalue weighted by molar-refractivity contribution is -0.136. The van der Waals surface area contributed by atoms with Gasteiger partial charge in [-0.1, -0.05) is 54.6 Å². The summed E-state index contributed by atoms with van der Waals surface area (Å²) in [6, 6.07) is 20.6. The van der Waals surface area contributed by atoms with Crippen molar-refractivity contribution in [1.29, 1.82) is 0 Å². The van der Waals surface area contributed by atoms with Crippen molar-refractivity contribution >= 4 is 34.6 Å². The van der Waals surface area contributed by atoms with Crippen LogP contribution in [0.25, 0.3) is 10.9 Å². The van der Waals surface area contributed by atoms with E-state index in [9.17, 15) is 14.4 Å². The van der Waals surface area contributed by atoms with Gasteiger partial charge in [0.2, 0.25) is 5.91 Å². The highest BCUT2D eigenvalue weighted by Crippen LogP contribution is 2.39. The van der Waals surface area contributed by atoms with E-state index in [1.165, 1.54) is 0 Å². The van der Waals surface area contributed by atoms with E-state index in [1.54, 1.807) is 4.90 Å². The monoisotopic (exact) mass is 577 g/mol. The Kier molecular flexibility index (Phi) is 6.76. The maximum Gasteiger partial charge on any atom is 0.319 e. The first kappa shape index (κ1) is 27.0. The first-order valence-corrected chi connectivity index (χ1v) is 15.0. The van der Waals surface area contributed by atoms with Crippen LogP contribution < -0.4 is 16.0 Å². The lowest BCUT2D eigenvalue weighted by Crippen LogP contribution is -2.59. The highest BCUT2D eigenvalue weighted by atomic mass is 16.2. The Labute approximate surface area is 249 Å². The number of urea groups is 2.